The molecule has 1 unspecified atom stereocenters. The molecule has 0 aliphatic heterocycles. The molecule has 0 aliphatic carbocycles. The Hall–Kier alpha value is -0.810. The molecule has 1 rings (SSSR count). The lowest BCUT2D eigenvalue weighted by molar-refractivity contribution is 0.806. The first-order chi connectivity index (χ1) is 9.26. The smallest absolute Gasteiger partial charge is 0.191 e. The molecule has 0 amide bonds. The van der Waals surface area contributed by atoms with E-state index in [1.807, 2.05) is 36.6 Å². The maximum absolute atomic E-state index is 4.21. The van der Waals surface area contributed by atoms with E-state index in [1.165, 1.54) is 4.90 Å². The lowest BCUT2D eigenvalue weighted by atomic mass is 10.4. The van der Waals surface area contributed by atoms with Crippen LogP contribution in [-0.4, -0.2) is 43.4 Å². The topological polar surface area (TPSA) is 36.4 Å². The number of hydrogen-bond acceptors (Lipinski definition) is 3. The SMILES string of the molecule is CN=C(NCCSC)NCC(C)Sc1ccccc1. The van der Waals surface area contributed by atoms with E-state index >= 15 is 0 Å². The predicted octanol–water partition coefficient (Wildman–Crippen LogP) is 2.70. The molecule has 0 aliphatic rings. The molecule has 0 spiro atoms. The average Bonchev–Trinajstić information content (AvgIpc) is 2.44. The van der Waals surface area contributed by atoms with Crippen LogP contribution in [0.25, 0.3) is 0 Å². The summed E-state index contributed by atoms with van der Waals surface area (Å²) in [6, 6.07) is 10.5. The van der Waals surface area contributed by atoms with Crippen molar-refractivity contribution in [2.45, 2.75) is 17.1 Å². The number of hydrogen-bond donors (Lipinski definition) is 2. The minimum absolute atomic E-state index is 0.501. The third kappa shape index (κ3) is 7.38. The van der Waals surface area contributed by atoms with Gasteiger partial charge in [0.25, 0.3) is 0 Å². The van der Waals surface area contributed by atoms with Crippen LogP contribution >= 0.6 is 23.5 Å². The standard InChI is InChI=1S/C14H23N3S2/c1-12(19-13-7-5-4-6-8-13)11-17-14(15-2)16-9-10-18-3/h4-8,12H,9-11H2,1-3H3,(H2,15,16,17). The quantitative estimate of drug-likeness (QED) is 0.351. The first-order valence-corrected chi connectivity index (χ1v) is 8.68. The van der Waals surface area contributed by atoms with Gasteiger partial charge < -0.3 is 10.6 Å². The second-order valence-corrected chi connectivity index (χ2v) is 6.61. The van der Waals surface area contributed by atoms with Crippen molar-refractivity contribution in [3.63, 3.8) is 0 Å². The number of aliphatic imine (C=N–C) groups is 1. The maximum Gasteiger partial charge on any atom is 0.191 e. The van der Waals surface area contributed by atoms with Crippen molar-refractivity contribution in [2.24, 2.45) is 4.99 Å². The van der Waals surface area contributed by atoms with E-state index in [1.54, 1.807) is 0 Å². The summed E-state index contributed by atoms with van der Waals surface area (Å²) in [5.74, 6) is 1.98. The minimum atomic E-state index is 0.501. The van der Waals surface area contributed by atoms with Gasteiger partial charge in [-0.3, -0.25) is 4.99 Å². The molecule has 0 radical (unpaired) electrons. The van der Waals surface area contributed by atoms with Crippen LogP contribution in [0.2, 0.25) is 0 Å². The van der Waals surface area contributed by atoms with Crippen molar-refractivity contribution < 1.29 is 0 Å². The molecule has 19 heavy (non-hydrogen) atoms. The largest absolute Gasteiger partial charge is 0.356 e. The average molecular weight is 297 g/mol. The van der Waals surface area contributed by atoms with Crippen molar-refractivity contribution in [3.05, 3.63) is 30.3 Å². The summed E-state index contributed by atoms with van der Waals surface area (Å²) in [7, 11) is 1.81. The van der Waals surface area contributed by atoms with Crippen LogP contribution in [0.15, 0.2) is 40.2 Å². The molecule has 1 atom stereocenters. The summed E-state index contributed by atoms with van der Waals surface area (Å²) in [6.07, 6.45) is 2.11. The molecule has 0 heterocycles. The zero-order valence-electron chi connectivity index (χ0n) is 11.8. The fourth-order valence-corrected chi connectivity index (χ4v) is 2.76. The summed E-state index contributed by atoms with van der Waals surface area (Å²) < 4.78 is 0. The fourth-order valence-electron chi connectivity index (χ4n) is 1.51. The Morgan fingerprint density at radius 1 is 1.26 bits per heavy atom. The first kappa shape index (κ1) is 16.2. The van der Waals surface area contributed by atoms with Gasteiger partial charge in [0.2, 0.25) is 0 Å². The highest BCUT2D eigenvalue weighted by Gasteiger charge is 2.05. The lowest BCUT2D eigenvalue weighted by Gasteiger charge is -2.15. The zero-order chi connectivity index (χ0) is 13.9. The normalized spacial score (nSPS) is 13.1. The van der Waals surface area contributed by atoms with Crippen molar-refractivity contribution in [3.8, 4) is 0 Å². The number of rotatable bonds is 7. The van der Waals surface area contributed by atoms with E-state index in [9.17, 15) is 0 Å². The van der Waals surface area contributed by atoms with Gasteiger partial charge in [-0.15, -0.1) is 11.8 Å². The van der Waals surface area contributed by atoms with E-state index < -0.39 is 0 Å². The van der Waals surface area contributed by atoms with Crippen molar-refractivity contribution in [1.29, 1.82) is 0 Å². The van der Waals surface area contributed by atoms with Crippen LogP contribution in [0.4, 0.5) is 0 Å². The van der Waals surface area contributed by atoms with Gasteiger partial charge in [-0.1, -0.05) is 25.1 Å². The molecule has 3 nitrogen and oxygen atoms in total. The Kier molecular flexibility index (Phi) is 8.58. The van der Waals surface area contributed by atoms with Crippen LogP contribution in [-0.2, 0) is 0 Å². The minimum Gasteiger partial charge on any atom is -0.356 e. The van der Waals surface area contributed by atoms with Gasteiger partial charge in [0.05, 0.1) is 0 Å². The zero-order valence-corrected chi connectivity index (χ0v) is 13.5. The molecule has 106 valence electrons. The molecule has 1 aromatic rings. The van der Waals surface area contributed by atoms with Crippen LogP contribution in [0.5, 0.6) is 0 Å². The number of benzene rings is 1. The first-order valence-electron chi connectivity index (χ1n) is 6.41. The second-order valence-electron chi connectivity index (χ2n) is 4.11. The van der Waals surface area contributed by atoms with Crippen LogP contribution in [0, 0.1) is 0 Å². The second kappa shape index (κ2) is 10.0. The molecule has 0 saturated carbocycles. The van der Waals surface area contributed by atoms with E-state index in [2.05, 4.69) is 53.1 Å². The van der Waals surface area contributed by atoms with Gasteiger partial charge in [0.15, 0.2) is 5.96 Å². The van der Waals surface area contributed by atoms with Crippen LogP contribution in [0.3, 0.4) is 0 Å². The van der Waals surface area contributed by atoms with E-state index in [-0.39, 0.29) is 0 Å². The van der Waals surface area contributed by atoms with Gasteiger partial charge in [-0.2, -0.15) is 11.8 Å². The highest BCUT2D eigenvalue weighted by molar-refractivity contribution is 8.00. The number of nitrogens with one attached hydrogen (secondary N) is 2. The Morgan fingerprint density at radius 3 is 2.63 bits per heavy atom. The van der Waals surface area contributed by atoms with Crippen molar-refractivity contribution >= 4 is 29.5 Å². The summed E-state index contributed by atoms with van der Waals surface area (Å²) in [5.41, 5.74) is 0. The van der Waals surface area contributed by atoms with Gasteiger partial charge in [0.1, 0.15) is 0 Å². The van der Waals surface area contributed by atoms with E-state index in [0.717, 1.165) is 24.8 Å². The molecule has 1 aromatic carbocycles. The summed E-state index contributed by atoms with van der Waals surface area (Å²) in [6.45, 7) is 4.07. The summed E-state index contributed by atoms with van der Waals surface area (Å²) in [5, 5.41) is 7.16. The van der Waals surface area contributed by atoms with Gasteiger partial charge >= 0.3 is 0 Å². The molecular weight excluding hydrogens is 274 g/mol. The molecule has 0 fully saturated rings. The molecule has 2 N–H and O–H groups in total. The third-order valence-electron chi connectivity index (χ3n) is 2.46. The fraction of sp³-hybridized carbons (Fsp3) is 0.500. The Morgan fingerprint density at radius 2 is 2.00 bits per heavy atom. The van der Waals surface area contributed by atoms with E-state index in [0.29, 0.717) is 5.25 Å². The molecular formula is C14H23N3S2. The van der Waals surface area contributed by atoms with Gasteiger partial charge in [-0.25, -0.2) is 0 Å². The summed E-state index contributed by atoms with van der Waals surface area (Å²) in [4.78, 5) is 5.52. The van der Waals surface area contributed by atoms with Crippen LogP contribution < -0.4 is 10.6 Å². The molecule has 0 saturated heterocycles. The van der Waals surface area contributed by atoms with Crippen molar-refractivity contribution in [1.82, 2.24) is 10.6 Å². The summed E-state index contributed by atoms with van der Waals surface area (Å²) >= 11 is 3.71. The van der Waals surface area contributed by atoms with Gasteiger partial charge in [-0.05, 0) is 18.4 Å². The Labute approximate surface area is 125 Å². The lowest BCUT2D eigenvalue weighted by Crippen LogP contribution is -2.40. The Bertz CT molecular complexity index is 368. The number of thioether (sulfide) groups is 2. The Balaban J connectivity index is 2.26. The molecule has 0 bridgehead atoms. The van der Waals surface area contributed by atoms with Gasteiger partial charge in [0, 0.05) is 36.0 Å². The third-order valence-corrected chi connectivity index (χ3v) is 4.19. The molecule has 5 heteroatoms. The monoisotopic (exact) mass is 297 g/mol. The number of guanidine groups is 1. The molecule has 0 aromatic heterocycles. The van der Waals surface area contributed by atoms with Crippen molar-refractivity contribution in [2.75, 3.05) is 32.1 Å². The predicted molar refractivity (Wildman–Crippen MR) is 89.5 cm³/mol. The highest BCUT2D eigenvalue weighted by Crippen LogP contribution is 2.21. The number of nitrogens with zero attached hydrogens (tertiary/aromatic N) is 1. The highest BCUT2D eigenvalue weighted by atomic mass is 32.2. The van der Waals surface area contributed by atoms with Crippen LogP contribution in [0.1, 0.15) is 6.92 Å². The maximum atomic E-state index is 4.21. The van der Waals surface area contributed by atoms with E-state index in [4.69, 9.17) is 0 Å².